The van der Waals surface area contributed by atoms with Gasteiger partial charge in [0, 0.05) is 32.7 Å². The smallest absolute Gasteiger partial charge is 0.239 e. The average Bonchev–Trinajstić information content (AvgIpc) is 3.25. The van der Waals surface area contributed by atoms with Crippen LogP contribution in [0.2, 0.25) is 0 Å². The minimum Gasteiger partial charge on any atom is -0.340 e. The highest BCUT2D eigenvalue weighted by molar-refractivity contribution is 5.81. The summed E-state index contributed by atoms with van der Waals surface area (Å²) in [5.41, 5.74) is 1.19. The van der Waals surface area contributed by atoms with E-state index in [4.69, 9.17) is 0 Å². The summed E-state index contributed by atoms with van der Waals surface area (Å²) >= 11 is 0. The molecule has 23 heavy (non-hydrogen) atoms. The topological polar surface area (TPSA) is 26.8 Å². The third-order valence-corrected chi connectivity index (χ3v) is 5.40. The van der Waals surface area contributed by atoms with Crippen LogP contribution in [0.5, 0.6) is 0 Å². The Hall–Kier alpha value is -1.39. The summed E-state index contributed by atoms with van der Waals surface area (Å²) in [6.45, 7) is 7.34. The Labute approximate surface area is 140 Å². The van der Waals surface area contributed by atoms with Gasteiger partial charge in [0.15, 0.2) is 0 Å². The summed E-state index contributed by atoms with van der Waals surface area (Å²) in [5.74, 6) is 0.232. The molecular formula is C19H29N3O. The van der Waals surface area contributed by atoms with E-state index in [2.05, 4.69) is 28.9 Å². The van der Waals surface area contributed by atoms with Crippen LogP contribution in [0.15, 0.2) is 30.3 Å². The quantitative estimate of drug-likeness (QED) is 0.833. The molecule has 2 fully saturated rings. The van der Waals surface area contributed by atoms with Gasteiger partial charge < -0.3 is 4.90 Å². The van der Waals surface area contributed by atoms with Gasteiger partial charge >= 0.3 is 0 Å². The number of hydrogen-bond donors (Lipinski definition) is 0. The highest BCUT2D eigenvalue weighted by Gasteiger charge is 2.34. The summed E-state index contributed by atoms with van der Waals surface area (Å²) in [4.78, 5) is 19.6. The first-order chi connectivity index (χ1) is 11.1. The van der Waals surface area contributed by atoms with Gasteiger partial charge in [-0.15, -0.1) is 0 Å². The number of benzene rings is 1. The molecule has 1 aromatic rings. The molecule has 0 aromatic heterocycles. The number of hydrogen-bond acceptors (Lipinski definition) is 3. The van der Waals surface area contributed by atoms with Crippen LogP contribution < -0.4 is 0 Å². The van der Waals surface area contributed by atoms with Crippen molar-refractivity contribution in [1.29, 1.82) is 0 Å². The van der Waals surface area contributed by atoms with Gasteiger partial charge in [0.05, 0.1) is 6.04 Å². The average molecular weight is 315 g/mol. The lowest BCUT2D eigenvalue weighted by Gasteiger charge is -2.29. The van der Waals surface area contributed by atoms with Crippen molar-refractivity contribution in [1.82, 2.24) is 14.7 Å². The van der Waals surface area contributed by atoms with Crippen LogP contribution >= 0.6 is 0 Å². The van der Waals surface area contributed by atoms with Crippen molar-refractivity contribution < 1.29 is 4.79 Å². The Morgan fingerprint density at radius 2 is 1.91 bits per heavy atom. The van der Waals surface area contributed by atoms with E-state index in [9.17, 15) is 4.79 Å². The molecule has 0 N–H and O–H groups in total. The molecule has 2 aliphatic rings. The third kappa shape index (κ3) is 3.93. The van der Waals surface area contributed by atoms with E-state index in [1.165, 1.54) is 37.9 Å². The van der Waals surface area contributed by atoms with Crippen LogP contribution in [0.25, 0.3) is 0 Å². The van der Waals surface area contributed by atoms with Crippen LogP contribution in [-0.4, -0.2) is 65.9 Å². The first-order valence-electron chi connectivity index (χ1n) is 8.92. The predicted molar refractivity (Wildman–Crippen MR) is 93.2 cm³/mol. The van der Waals surface area contributed by atoms with Gasteiger partial charge in [-0.25, -0.2) is 0 Å². The zero-order valence-corrected chi connectivity index (χ0v) is 14.4. The summed E-state index contributed by atoms with van der Waals surface area (Å²) in [6.07, 6.45) is 3.88. The van der Waals surface area contributed by atoms with Gasteiger partial charge in [0.25, 0.3) is 0 Å². The highest BCUT2D eigenvalue weighted by atomic mass is 16.2. The lowest BCUT2D eigenvalue weighted by atomic mass is 10.2. The second-order valence-electron chi connectivity index (χ2n) is 7.04. The largest absolute Gasteiger partial charge is 0.340 e. The van der Waals surface area contributed by atoms with Crippen LogP contribution in [0.3, 0.4) is 0 Å². The molecule has 2 aliphatic heterocycles. The molecular weight excluding hydrogens is 286 g/mol. The van der Waals surface area contributed by atoms with E-state index < -0.39 is 0 Å². The fourth-order valence-electron chi connectivity index (χ4n) is 3.93. The number of amides is 1. The fraction of sp³-hybridized carbons (Fsp3) is 0.632. The van der Waals surface area contributed by atoms with Crippen molar-refractivity contribution in [2.45, 2.75) is 44.8 Å². The molecule has 0 aliphatic carbocycles. The zero-order valence-electron chi connectivity index (χ0n) is 14.4. The molecule has 0 radical (unpaired) electrons. The summed E-state index contributed by atoms with van der Waals surface area (Å²) in [7, 11) is 1.92. The van der Waals surface area contributed by atoms with E-state index >= 15 is 0 Å². The molecule has 1 aromatic carbocycles. The number of carbonyl (C=O) groups is 1. The van der Waals surface area contributed by atoms with E-state index in [1.54, 1.807) is 0 Å². The maximum absolute atomic E-state index is 12.7. The standard InChI is InChI=1S/C19H29N3O/c1-16(19(23)20(2)14-17-8-4-3-5-9-17)22-13-10-18(15-22)21-11-6-7-12-21/h3-5,8-9,16,18H,6-7,10-15H2,1-2H3. The minimum atomic E-state index is -0.0173. The summed E-state index contributed by atoms with van der Waals surface area (Å²) < 4.78 is 0. The van der Waals surface area contributed by atoms with Crippen molar-refractivity contribution in [3.8, 4) is 0 Å². The first-order valence-corrected chi connectivity index (χ1v) is 8.92. The van der Waals surface area contributed by atoms with Crippen molar-refractivity contribution in [2.24, 2.45) is 0 Å². The van der Waals surface area contributed by atoms with Gasteiger partial charge in [0.2, 0.25) is 5.91 Å². The van der Waals surface area contributed by atoms with Gasteiger partial charge in [-0.05, 0) is 44.8 Å². The fourth-order valence-corrected chi connectivity index (χ4v) is 3.93. The Kier molecular flexibility index (Phi) is 5.34. The molecule has 2 heterocycles. The van der Waals surface area contributed by atoms with Gasteiger partial charge in [-0.1, -0.05) is 30.3 Å². The molecule has 2 saturated heterocycles. The van der Waals surface area contributed by atoms with E-state index in [0.717, 1.165) is 13.1 Å². The van der Waals surface area contributed by atoms with Crippen molar-refractivity contribution >= 4 is 5.91 Å². The zero-order chi connectivity index (χ0) is 16.2. The monoisotopic (exact) mass is 315 g/mol. The molecule has 0 spiro atoms. The van der Waals surface area contributed by atoms with Gasteiger partial charge in [-0.2, -0.15) is 0 Å². The highest BCUT2D eigenvalue weighted by Crippen LogP contribution is 2.22. The summed E-state index contributed by atoms with van der Waals surface area (Å²) in [5, 5.41) is 0. The van der Waals surface area contributed by atoms with E-state index in [1.807, 2.05) is 30.1 Å². The van der Waals surface area contributed by atoms with Crippen LogP contribution in [0, 0.1) is 0 Å². The van der Waals surface area contributed by atoms with Crippen LogP contribution in [0.1, 0.15) is 31.7 Å². The number of likely N-dealkylation sites (N-methyl/N-ethyl adjacent to an activating group) is 1. The van der Waals surface area contributed by atoms with Crippen LogP contribution in [0.4, 0.5) is 0 Å². The second-order valence-corrected chi connectivity index (χ2v) is 7.04. The molecule has 4 nitrogen and oxygen atoms in total. The molecule has 1 amide bonds. The first kappa shape index (κ1) is 16.5. The Morgan fingerprint density at radius 3 is 2.61 bits per heavy atom. The van der Waals surface area contributed by atoms with Crippen molar-refractivity contribution in [3.63, 3.8) is 0 Å². The summed E-state index contributed by atoms with van der Waals surface area (Å²) in [6, 6.07) is 10.9. The molecule has 0 saturated carbocycles. The SMILES string of the molecule is CC(C(=O)N(C)Cc1ccccc1)N1CCC(N2CCCC2)C1. The normalized spacial score (nSPS) is 24.0. The van der Waals surface area contributed by atoms with Crippen LogP contribution in [-0.2, 0) is 11.3 Å². The van der Waals surface area contributed by atoms with Gasteiger partial charge in [0.1, 0.15) is 0 Å². The lowest BCUT2D eigenvalue weighted by molar-refractivity contribution is -0.135. The molecule has 3 rings (SSSR count). The number of carbonyl (C=O) groups excluding carboxylic acids is 1. The van der Waals surface area contributed by atoms with Crippen molar-refractivity contribution in [3.05, 3.63) is 35.9 Å². The molecule has 0 bridgehead atoms. The Morgan fingerprint density at radius 1 is 1.22 bits per heavy atom. The Bertz CT molecular complexity index is 513. The maximum Gasteiger partial charge on any atom is 0.239 e. The number of nitrogens with zero attached hydrogens (tertiary/aromatic N) is 3. The number of likely N-dealkylation sites (tertiary alicyclic amines) is 2. The minimum absolute atomic E-state index is 0.0173. The molecule has 126 valence electrons. The third-order valence-electron chi connectivity index (χ3n) is 5.40. The van der Waals surface area contributed by atoms with Gasteiger partial charge in [-0.3, -0.25) is 14.6 Å². The lowest BCUT2D eigenvalue weighted by Crippen LogP contribution is -2.46. The molecule has 2 atom stereocenters. The number of rotatable bonds is 5. The molecule has 2 unspecified atom stereocenters. The Balaban J connectivity index is 1.52. The van der Waals surface area contributed by atoms with Crippen molar-refractivity contribution in [2.75, 3.05) is 33.2 Å². The second kappa shape index (κ2) is 7.45. The maximum atomic E-state index is 12.7. The van der Waals surface area contributed by atoms with E-state index in [0.29, 0.717) is 12.6 Å². The van der Waals surface area contributed by atoms with E-state index in [-0.39, 0.29) is 11.9 Å². The predicted octanol–water partition coefficient (Wildman–Crippen LogP) is 2.20. The molecule has 4 heteroatoms.